The first-order chi connectivity index (χ1) is 9.94. The third-order valence-corrected chi connectivity index (χ3v) is 4.48. The molecule has 0 spiro atoms. The van der Waals surface area contributed by atoms with Crippen LogP contribution in [0.1, 0.15) is 10.4 Å². The molecular weight excluding hydrogens is 312 g/mol. The predicted octanol–water partition coefficient (Wildman–Crippen LogP) is 2.50. The Balaban J connectivity index is 2.28. The number of hydrogen-bond donors (Lipinski definition) is 2. The van der Waals surface area contributed by atoms with Crippen molar-refractivity contribution in [1.82, 2.24) is 5.32 Å². The quantitative estimate of drug-likeness (QED) is 0.907. The zero-order valence-electron chi connectivity index (χ0n) is 11.1. The van der Waals surface area contributed by atoms with Crippen LogP contribution in [0.25, 0.3) is 0 Å². The number of benzene rings is 2. The van der Waals surface area contributed by atoms with Gasteiger partial charge in [-0.05, 0) is 36.4 Å². The summed E-state index contributed by atoms with van der Waals surface area (Å²) in [5.41, 5.74) is 0.684. The van der Waals surface area contributed by atoms with Crippen LogP contribution in [-0.4, -0.2) is 21.4 Å². The highest BCUT2D eigenvalue weighted by atomic mass is 35.5. The van der Waals surface area contributed by atoms with Gasteiger partial charge in [0.15, 0.2) is 0 Å². The number of para-hydroxylation sites is 1. The fourth-order valence-electron chi connectivity index (χ4n) is 1.68. The summed E-state index contributed by atoms with van der Waals surface area (Å²) in [6.07, 6.45) is 0. The van der Waals surface area contributed by atoms with E-state index >= 15 is 0 Å². The van der Waals surface area contributed by atoms with Crippen molar-refractivity contribution in [2.45, 2.75) is 4.90 Å². The van der Waals surface area contributed by atoms with Gasteiger partial charge in [0.05, 0.1) is 15.6 Å². The topological polar surface area (TPSA) is 75.3 Å². The second kappa shape index (κ2) is 6.15. The zero-order valence-corrected chi connectivity index (χ0v) is 12.7. The van der Waals surface area contributed by atoms with Crippen molar-refractivity contribution in [3.63, 3.8) is 0 Å². The van der Waals surface area contributed by atoms with Crippen molar-refractivity contribution in [3.05, 3.63) is 59.1 Å². The Bertz CT molecular complexity index is 758. The summed E-state index contributed by atoms with van der Waals surface area (Å²) >= 11 is 5.92. The summed E-state index contributed by atoms with van der Waals surface area (Å²) in [5.74, 6) is -0.280. The summed E-state index contributed by atoms with van der Waals surface area (Å²) in [4.78, 5) is 11.5. The lowest BCUT2D eigenvalue weighted by molar-refractivity contribution is 0.0963. The molecule has 0 bridgehead atoms. The maximum absolute atomic E-state index is 12.2. The Morgan fingerprint density at radius 2 is 1.67 bits per heavy atom. The Morgan fingerprint density at radius 3 is 2.24 bits per heavy atom. The first-order valence-corrected chi connectivity index (χ1v) is 7.89. The van der Waals surface area contributed by atoms with E-state index in [1.807, 2.05) is 0 Å². The van der Waals surface area contributed by atoms with E-state index in [0.29, 0.717) is 16.3 Å². The molecule has 0 radical (unpaired) electrons. The van der Waals surface area contributed by atoms with Crippen LogP contribution in [0, 0.1) is 0 Å². The number of carbonyl (C=O) groups excluding carboxylic acids is 1. The molecule has 2 rings (SSSR count). The molecule has 0 aliphatic carbocycles. The van der Waals surface area contributed by atoms with E-state index in [-0.39, 0.29) is 10.8 Å². The molecule has 110 valence electrons. The number of hydrogen-bond acceptors (Lipinski definition) is 3. The number of nitrogens with one attached hydrogen (secondary N) is 2. The van der Waals surface area contributed by atoms with E-state index < -0.39 is 10.0 Å². The number of rotatable bonds is 4. The van der Waals surface area contributed by atoms with Gasteiger partial charge in [-0.15, -0.1) is 0 Å². The first-order valence-electron chi connectivity index (χ1n) is 6.03. The summed E-state index contributed by atoms with van der Waals surface area (Å²) in [6.45, 7) is 0. The van der Waals surface area contributed by atoms with Gasteiger partial charge in [0.2, 0.25) is 0 Å². The Morgan fingerprint density at radius 1 is 1.05 bits per heavy atom. The highest BCUT2D eigenvalue weighted by molar-refractivity contribution is 7.92. The van der Waals surface area contributed by atoms with Crippen LogP contribution in [0.4, 0.5) is 5.69 Å². The maximum atomic E-state index is 12.2. The van der Waals surface area contributed by atoms with Crippen molar-refractivity contribution >= 4 is 33.2 Å². The van der Waals surface area contributed by atoms with Gasteiger partial charge >= 0.3 is 0 Å². The van der Waals surface area contributed by atoms with E-state index in [9.17, 15) is 13.2 Å². The molecule has 0 aliphatic heterocycles. The predicted molar refractivity (Wildman–Crippen MR) is 82.1 cm³/mol. The molecule has 2 N–H and O–H groups in total. The van der Waals surface area contributed by atoms with Crippen molar-refractivity contribution in [2.24, 2.45) is 0 Å². The summed E-state index contributed by atoms with van der Waals surface area (Å²) in [5, 5.41) is 2.77. The van der Waals surface area contributed by atoms with Gasteiger partial charge in [-0.25, -0.2) is 8.42 Å². The molecule has 0 fully saturated rings. The molecule has 1 amide bonds. The number of carbonyl (C=O) groups is 1. The fraction of sp³-hybridized carbons (Fsp3) is 0.0714. The lowest BCUT2D eigenvalue weighted by Crippen LogP contribution is -2.18. The molecule has 2 aromatic carbocycles. The van der Waals surface area contributed by atoms with Gasteiger partial charge in [-0.1, -0.05) is 23.7 Å². The summed E-state index contributed by atoms with van der Waals surface area (Å²) in [7, 11) is -2.25. The number of amides is 1. The first kappa shape index (κ1) is 15.3. The molecule has 0 atom stereocenters. The van der Waals surface area contributed by atoms with E-state index in [4.69, 9.17) is 11.6 Å². The van der Waals surface area contributed by atoms with Gasteiger partial charge in [-0.3, -0.25) is 9.52 Å². The lowest BCUT2D eigenvalue weighted by Gasteiger charge is -2.09. The average Bonchev–Trinajstić information content (AvgIpc) is 2.49. The van der Waals surface area contributed by atoms with Crippen LogP contribution >= 0.6 is 11.6 Å². The van der Waals surface area contributed by atoms with E-state index in [2.05, 4.69) is 10.0 Å². The molecule has 21 heavy (non-hydrogen) atoms. The SMILES string of the molecule is CNC(=O)c1ccc(S(=O)(=O)Nc2ccccc2Cl)cc1. The lowest BCUT2D eigenvalue weighted by atomic mass is 10.2. The number of anilines is 1. The fourth-order valence-corrected chi connectivity index (χ4v) is 3.00. The average molecular weight is 325 g/mol. The molecule has 7 heteroatoms. The minimum atomic E-state index is -3.75. The minimum absolute atomic E-state index is 0.0510. The maximum Gasteiger partial charge on any atom is 0.261 e. The molecule has 0 aliphatic rings. The van der Waals surface area contributed by atoms with Crippen LogP contribution in [0.2, 0.25) is 5.02 Å². The van der Waals surface area contributed by atoms with Crippen LogP contribution in [0.5, 0.6) is 0 Å². The van der Waals surface area contributed by atoms with Gasteiger partial charge in [-0.2, -0.15) is 0 Å². The third kappa shape index (κ3) is 3.53. The molecule has 0 unspecified atom stereocenters. The standard InChI is InChI=1S/C14H13ClN2O3S/c1-16-14(18)10-6-8-11(9-7-10)21(19,20)17-13-5-3-2-4-12(13)15/h2-9,17H,1H3,(H,16,18). The number of halogens is 1. The number of sulfonamides is 1. The van der Waals surface area contributed by atoms with Crippen molar-refractivity contribution in [3.8, 4) is 0 Å². The minimum Gasteiger partial charge on any atom is -0.355 e. The second-order valence-corrected chi connectivity index (χ2v) is 6.28. The van der Waals surface area contributed by atoms with Crippen LogP contribution in [-0.2, 0) is 10.0 Å². The third-order valence-electron chi connectivity index (χ3n) is 2.77. The van der Waals surface area contributed by atoms with Gasteiger partial charge in [0.1, 0.15) is 0 Å². The molecule has 0 saturated heterocycles. The van der Waals surface area contributed by atoms with Crippen LogP contribution in [0.15, 0.2) is 53.4 Å². The second-order valence-electron chi connectivity index (χ2n) is 4.19. The van der Waals surface area contributed by atoms with E-state index in [1.165, 1.54) is 31.3 Å². The smallest absolute Gasteiger partial charge is 0.261 e. The van der Waals surface area contributed by atoms with Crippen molar-refractivity contribution in [2.75, 3.05) is 11.8 Å². The highest BCUT2D eigenvalue weighted by Gasteiger charge is 2.16. The highest BCUT2D eigenvalue weighted by Crippen LogP contribution is 2.24. The largest absolute Gasteiger partial charge is 0.355 e. The van der Waals surface area contributed by atoms with E-state index in [1.54, 1.807) is 24.3 Å². The molecule has 2 aromatic rings. The normalized spacial score (nSPS) is 11.0. The van der Waals surface area contributed by atoms with Crippen LogP contribution in [0.3, 0.4) is 0 Å². The molecule has 0 saturated carbocycles. The summed E-state index contributed by atoms with van der Waals surface area (Å²) < 4.78 is 26.9. The zero-order chi connectivity index (χ0) is 15.5. The monoisotopic (exact) mass is 324 g/mol. The molecule has 0 aromatic heterocycles. The van der Waals surface area contributed by atoms with E-state index in [0.717, 1.165) is 0 Å². The summed E-state index contributed by atoms with van der Waals surface area (Å²) in [6, 6.07) is 12.2. The van der Waals surface area contributed by atoms with Crippen LogP contribution < -0.4 is 10.0 Å². The Hall–Kier alpha value is -2.05. The van der Waals surface area contributed by atoms with Gasteiger partial charge < -0.3 is 5.32 Å². The molecule has 5 nitrogen and oxygen atoms in total. The molecule has 0 heterocycles. The molecular formula is C14H13ClN2O3S. The Labute approximate surface area is 128 Å². The van der Waals surface area contributed by atoms with Gasteiger partial charge in [0.25, 0.3) is 15.9 Å². The van der Waals surface area contributed by atoms with Crippen molar-refractivity contribution < 1.29 is 13.2 Å². The Kier molecular flexibility index (Phi) is 4.50. The van der Waals surface area contributed by atoms with Crippen molar-refractivity contribution in [1.29, 1.82) is 0 Å². The van der Waals surface area contributed by atoms with Gasteiger partial charge in [0, 0.05) is 12.6 Å².